The number of nitrogens with zero attached hydrogens (tertiary/aromatic N) is 1. The van der Waals surface area contributed by atoms with E-state index in [1.54, 1.807) is 24.1 Å². The van der Waals surface area contributed by atoms with Crippen molar-refractivity contribution in [3.8, 4) is 0 Å². The molecule has 0 radical (unpaired) electrons. The van der Waals surface area contributed by atoms with Gasteiger partial charge in [-0.15, -0.1) is 0 Å². The molecule has 1 fully saturated rings. The second-order valence-electron chi connectivity index (χ2n) is 4.71. The summed E-state index contributed by atoms with van der Waals surface area (Å²) in [6, 6.07) is 0. The number of likely N-dealkylation sites (tertiary alicyclic amines) is 1. The number of carbonyl (C=O) groups is 2. The van der Waals surface area contributed by atoms with Crippen LogP contribution < -0.4 is 11.1 Å². The van der Waals surface area contributed by atoms with Crippen molar-refractivity contribution in [2.45, 2.75) is 26.2 Å². The van der Waals surface area contributed by atoms with Crippen LogP contribution in [0.3, 0.4) is 0 Å². The molecule has 1 aliphatic heterocycles. The minimum absolute atomic E-state index is 0.0235. The molecule has 1 unspecified atom stereocenters. The average molecular weight is 265 g/mol. The SMILES string of the molecule is C=CN1CCCC(/C=C(\C)C(=O)NCCCN)C1=O. The average Bonchev–Trinajstić information content (AvgIpc) is 2.41. The Morgan fingerprint density at radius 3 is 3.00 bits per heavy atom. The Balaban J connectivity index is 2.59. The third-order valence-corrected chi connectivity index (χ3v) is 3.21. The lowest BCUT2D eigenvalue weighted by Crippen LogP contribution is -2.37. The molecule has 19 heavy (non-hydrogen) atoms. The van der Waals surface area contributed by atoms with E-state index < -0.39 is 0 Å². The molecule has 5 heteroatoms. The molecule has 3 N–H and O–H groups in total. The van der Waals surface area contributed by atoms with E-state index in [1.807, 2.05) is 0 Å². The van der Waals surface area contributed by atoms with Crippen LogP contribution in [0.2, 0.25) is 0 Å². The summed E-state index contributed by atoms with van der Waals surface area (Å²) < 4.78 is 0. The zero-order valence-electron chi connectivity index (χ0n) is 11.5. The van der Waals surface area contributed by atoms with Gasteiger partial charge in [-0.3, -0.25) is 9.59 Å². The van der Waals surface area contributed by atoms with Crippen molar-refractivity contribution in [1.29, 1.82) is 0 Å². The minimum Gasteiger partial charge on any atom is -0.352 e. The summed E-state index contributed by atoms with van der Waals surface area (Å²) >= 11 is 0. The Morgan fingerprint density at radius 1 is 1.63 bits per heavy atom. The highest BCUT2D eigenvalue weighted by molar-refractivity contribution is 5.94. The quantitative estimate of drug-likeness (QED) is 0.550. The monoisotopic (exact) mass is 265 g/mol. The Hall–Kier alpha value is -1.62. The van der Waals surface area contributed by atoms with Crippen LogP contribution >= 0.6 is 0 Å². The standard InChI is InChI=1S/C14H23N3O2/c1-3-17-9-4-6-12(14(17)19)10-11(2)13(18)16-8-5-7-15/h3,10,12H,1,4-9,15H2,2H3,(H,16,18)/b11-10+. The maximum atomic E-state index is 12.0. The van der Waals surface area contributed by atoms with Gasteiger partial charge in [-0.2, -0.15) is 0 Å². The molecule has 2 amide bonds. The van der Waals surface area contributed by atoms with E-state index in [0.29, 0.717) is 25.2 Å². The Morgan fingerprint density at radius 2 is 2.37 bits per heavy atom. The number of nitrogens with two attached hydrogens (primary N) is 1. The van der Waals surface area contributed by atoms with E-state index in [2.05, 4.69) is 11.9 Å². The number of amides is 2. The molecule has 0 aromatic carbocycles. The summed E-state index contributed by atoms with van der Waals surface area (Å²) in [5.41, 5.74) is 5.95. The fourth-order valence-electron chi connectivity index (χ4n) is 2.08. The smallest absolute Gasteiger partial charge is 0.246 e. The molecule has 0 bridgehead atoms. The Bertz CT molecular complexity index is 377. The molecule has 1 heterocycles. The predicted molar refractivity (Wildman–Crippen MR) is 75.1 cm³/mol. The first-order chi connectivity index (χ1) is 9.10. The van der Waals surface area contributed by atoms with E-state index in [1.165, 1.54) is 0 Å². The normalized spacial score (nSPS) is 20.3. The summed E-state index contributed by atoms with van der Waals surface area (Å²) in [5.74, 6) is -0.320. The first-order valence-electron chi connectivity index (χ1n) is 6.70. The zero-order chi connectivity index (χ0) is 14.3. The van der Waals surface area contributed by atoms with Crippen molar-refractivity contribution in [3.05, 3.63) is 24.4 Å². The van der Waals surface area contributed by atoms with Crippen molar-refractivity contribution in [2.24, 2.45) is 11.7 Å². The van der Waals surface area contributed by atoms with Crippen LogP contribution in [-0.4, -0.2) is 36.3 Å². The molecule has 0 saturated carbocycles. The fourth-order valence-corrected chi connectivity index (χ4v) is 2.08. The van der Waals surface area contributed by atoms with Crippen LogP contribution in [0, 0.1) is 5.92 Å². The van der Waals surface area contributed by atoms with Crippen molar-refractivity contribution in [3.63, 3.8) is 0 Å². The molecule has 1 atom stereocenters. The first-order valence-corrected chi connectivity index (χ1v) is 6.70. The van der Waals surface area contributed by atoms with Crippen LogP contribution in [0.1, 0.15) is 26.2 Å². The van der Waals surface area contributed by atoms with Gasteiger partial charge in [0.2, 0.25) is 11.8 Å². The highest BCUT2D eigenvalue weighted by atomic mass is 16.2. The minimum atomic E-state index is -0.216. The van der Waals surface area contributed by atoms with E-state index in [0.717, 1.165) is 19.3 Å². The van der Waals surface area contributed by atoms with Crippen LogP contribution in [-0.2, 0) is 9.59 Å². The number of nitrogens with one attached hydrogen (secondary N) is 1. The molecule has 1 saturated heterocycles. The van der Waals surface area contributed by atoms with Crippen molar-refractivity contribution < 1.29 is 9.59 Å². The van der Waals surface area contributed by atoms with Crippen LogP contribution in [0.25, 0.3) is 0 Å². The molecule has 1 aliphatic rings. The van der Waals surface area contributed by atoms with Crippen molar-refractivity contribution in [2.75, 3.05) is 19.6 Å². The number of hydrogen-bond acceptors (Lipinski definition) is 3. The van der Waals surface area contributed by atoms with Gasteiger partial charge in [-0.25, -0.2) is 0 Å². The van der Waals surface area contributed by atoms with E-state index >= 15 is 0 Å². The summed E-state index contributed by atoms with van der Waals surface area (Å²) in [6.45, 7) is 7.20. The number of carbonyl (C=O) groups excluding carboxylic acids is 2. The zero-order valence-corrected chi connectivity index (χ0v) is 11.5. The van der Waals surface area contributed by atoms with Gasteiger partial charge in [0.1, 0.15) is 0 Å². The number of rotatable bonds is 6. The molecule has 0 aromatic rings. The highest BCUT2D eigenvalue weighted by Crippen LogP contribution is 2.20. The molecular weight excluding hydrogens is 242 g/mol. The maximum Gasteiger partial charge on any atom is 0.246 e. The second-order valence-corrected chi connectivity index (χ2v) is 4.71. The lowest BCUT2D eigenvalue weighted by Gasteiger charge is -2.28. The van der Waals surface area contributed by atoms with Gasteiger partial charge in [0, 0.05) is 18.7 Å². The highest BCUT2D eigenvalue weighted by Gasteiger charge is 2.26. The summed E-state index contributed by atoms with van der Waals surface area (Å²) in [4.78, 5) is 25.4. The van der Waals surface area contributed by atoms with Crippen molar-refractivity contribution >= 4 is 11.8 Å². The van der Waals surface area contributed by atoms with Gasteiger partial charge in [0.15, 0.2) is 0 Å². The van der Waals surface area contributed by atoms with E-state index in [-0.39, 0.29) is 17.7 Å². The van der Waals surface area contributed by atoms with Gasteiger partial charge < -0.3 is 16.0 Å². The molecule has 106 valence electrons. The first kappa shape index (κ1) is 15.4. The summed E-state index contributed by atoms with van der Waals surface area (Å²) in [7, 11) is 0. The summed E-state index contributed by atoms with van der Waals surface area (Å²) in [5, 5.41) is 2.78. The van der Waals surface area contributed by atoms with E-state index in [4.69, 9.17) is 5.73 Å². The van der Waals surface area contributed by atoms with Crippen molar-refractivity contribution in [1.82, 2.24) is 10.2 Å². The fraction of sp³-hybridized carbons (Fsp3) is 0.571. The number of hydrogen-bond donors (Lipinski definition) is 2. The Kier molecular flexibility index (Phi) is 6.29. The van der Waals surface area contributed by atoms with Gasteiger partial charge in [0.05, 0.1) is 5.92 Å². The van der Waals surface area contributed by atoms with Gasteiger partial charge in [0.25, 0.3) is 0 Å². The van der Waals surface area contributed by atoms with Gasteiger partial charge >= 0.3 is 0 Å². The maximum absolute atomic E-state index is 12.0. The Labute approximate surface area is 114 Å². The molecule has 5 nitrogen and oxygen atoms in total. The predicted octanol–water partition coefficient (Wildman–Crippen LogP) is 0.780. The molecule has 0 aromatic heterocycles. The van der Waals surface area contributed by atoms with E-state index in [9.17, 15) is 9.59 Å². The second kappa shape index (κ2) is 7.74. The van der Waals surface area contributed by atoms with Crippen LogP contribution in [0.5, 0.6) is 0 Å². The molecule has 0 spiro atoms. The lowest BCUT2D eigenvalue weighted by atomic mass is 9.95. The van der Waals surface area contributed by atoms with Gasteiger partial charge in [-0.05, 0) is 38.9 Å². The topological polar surface area (TPSA) is 75.4 Å². The summed E-state index contributed by atoms with van der Waals surface area (Å²) in [6.07, 6.45) is 5.79. The number of piperidine rings is 1. The molecule has 1 rings (SSSR count). The van der Waals surface area contributed by atoms with Crippen LogP contribution in [0.15, 0.2) is 24.4 Å². The van der Waals surface area contributed by atoms with Gasteiger partial charge in [-0.1, -0.05) is 12.7 Å². The lowest BCUT2D eigenvalue weighted by molar-refractivity contribution is -0.133. The molecular formula is C14H23N3O2. The third-order valence-electron chi connectivity index (χ3n) is 3.21. The largest absolute Gasteiger partial charge is 0.352 e. The third kappa shape index (κ3) is 4.52. The molecule has 0 aliphatic carbocycles. The van der Waals surface area contributed by atoms with Crippen LogP contribution in [0.4, 0.5) is 0 Å².